The molecule has 0 aliphatic rings. The molecule has 6 nitrogen and oxygen atoms in total. The van der Waals surface area contributed by atoms with Gasteiger partial charge in [-0.1, -0.05) is 18.2 Å². The van der Waals surface area contributed by atoms with Gasteiger partial charge in [0.1, 0.15) is 5.60 Å². The van der Waals surface area contributed by atoms with Crippen LogP contribution in [0.25, 0.3) is 11.1 Å². The van der Waals surface area contributed by atoms with Gasteiger partial charge in [-0.2, -0.15) is 0 Å². The topological polar surface area (TPSA) is 103 Å². The Morgan fingerprint density at radius 2 is 2.00 bits per heavy atom. The first kappa shape index (κ1) is 16.6. The molecule has 23 heavy (non-hydrogen) atoms. The first-order valence-electron chi connectivity index (χ1n) is 7.31. The Bertz CT molecular complexity index is 708. The van der Waals surface area contributed by atoms with Gasteiger partial charge in [0.2, 0.25) is 0 Å². The predicted molar refractivity (Wildman–Crippen MR) is 91.6 cm³/mol. The van der Waals surface area contributed by atoms with Crippen molar-refractivity contribution in [1.29, 1.82) is 0 Å². The van der Waals surface area contributed by atoms with Crippen molar-refractivity contribution in [3.05, 3.63) is 42.2 Å². The van der Waals surface area contributed by atoms with Gasteiger partial charge in [0.25, 0.3) is 0 Å². The number of benzene rings is 1. The summed E-state index contributed by atoms with van der Waals surface area (Å²) in [6, 6.07) is 7.66. The van der Waals surface area contributed by atoms with Crippen LogP contribution in [-0.4, -0.2) is 16.7 Å². The molecule has 0 unspecified atom stereocenters. The summed E-state index contributed by atoms with van der Waals surface area (Å²) in [5, 5.41) is 2.73. The van der Waals surface area contributed by atoms with E-state index in [1.165, 1.54) is 6.20 Å². The van der Waals surface area contributed by atoms with Gasteiger partial charge in [0.05, 0.1) is 17.6 Å². The highest BCUT2D eigenvalue weighted by atomic mass is 16.6. The van der Waals surface area contributed by atoms with E-state index in [1.807, 2.05) is 45.0 Å². The zero-order valence-corrected chi connectivity index (χ0v) is 13.6. The summed E-state index contributed by atoms with van der Waals surface area (Å²) in [6.07, 6.45) is 2.74. The summed E-state index contributed by atoms with van der Waals surface area (Å²) in [6.45, 7) is 5.83. The molecule has 0 spiro atoms. The Labute approximate surface area is 135 Å². The quantitative estimate of drug-likeness (QED) is 0.808. The highest BCUT2D eigenvalue weighted by molar-refractivity contribution is 5.83. The number of nitrogens with zero attached hydrogens (tertiary/aromatic N) is 1. The number of carbonyl (C=O) groups is 1. The van der Waals surface area contributed by atoms with E-state index in [4.69, 9.17) is 16.2 Å². The molecule has 2 rings (SSSR count). The molecular weight excluding hydrogens is 292 g/mol. The second-order valence-corrected chi connectivity index (χ2v) is 6.25. The van der Waals surface area contributed by atoms with E-state index in [9.17, 15) is 4.79 Å². The minimum atomic E-state index is -0.520. The average Bonchev–Trinajstić information content (AvgIpc) is 2.46. The van der Waals surface area contributed by atoms with E-state index in [1.54, 1.807) is 6.20 Å². The van der Waals surface area contributed by atoms with E-state index in [0.717, 1.165) is 16.7 Å². The molecule has 0 fully saturated rings. The number of nitrogens with two attached hydrogens (primary N) is 2. The van der Waals surface area contributed by atoms with Gasteiger partial charge in [-0.25, -0.2) is 4.79 Å². The first-order valence-corrected chi connectivity index (χ1v) is 7.31. The van der Waals surface area contributed by atoms with Gasteiger partial charge in [0.15, 0.2) is 0 Å². The number of ether oxygens (including phenoxy) is 1. The van der Waals surface area contributed by atoms with Crippen molar-refractivity contribution < 1.29 is 9.53 Å². The van der Waals surface area contributed by atoms with Crippen LogP contribution < -0.4 is 16.8 Å². The van der Waals surface area contributed by atoms with Crippen molar-refractivity contribution in [1.82, 2.24) is 10.3 Å². The molecule has 0 saturated carbocycles. The standard InChI is InChI=1S/C17H22N4O2/c1-17(2,3)23-16(22)21-8-11-5-4-6-12(7-11)13-9-20-10-14(18)15(13)19/h4-7,9-10H,8,18H2,1-3H3,(H2,19,20)(H,21,22). The molecule has 0 atom stereocenters. The second-order valence-electron chi connectivity index (χ2n) is 6.25. The third-order valence-corrected chi connectivity index (χ3v) is 3.09. The lowest BCUT2D eigenvalue weighted by molar-refractivity contribution is 0.0523. The number of nitrogen functional groups attached to an aromatic ring is 2. The van der Waals surface area contributed by atoms with Crippen molar-refractivity contribution in [2.24, 2.45) is 0 Å². The molecule has 1 aromatic heterocycles. The molecule has 0 aliphatic heterocycles. The smallest absolute Gasteiger partial charge is 0.407 e. The van der Waals surface area contributed by atoms with Crippen LogP contribution >= 0.6 is 0 Å². The zero-order chi connectivity index (χ0) is 17.0. The summed E-state index contributed by atoms with van der Waals surface area (Å²) in [5.74, 6) is 0. The number of alkyl carbamates (subject to hydrolysis) is 1. The van der Waals surface area contributed by atoms with E-state index in [-0.39, 0.29) is 0 Å². The van der Waals surface area contributed by atoms with E-state index in [0.29, 0.717) is 17.9 Å². The summed E-state index contributed by atoms with van der Waals surface area (Å²) in [5.41, 5.74) is 14.8. The average molecular weight is 314 g/mol. The fourth-order valence-corrected chi connectivity index (χ4v) is 2.05. The molecule has 1 amide bonds. The maximum absolute atomic E-state index is 11.7. The largest absolute Gasteiger partial charge is 0.444 e. The van der Waals surface area contributed by atoms with E-state index >= 15 is 0 Å². The van der Waals surface area contributed by atoms with Crippen molar-refractivity contribution in [2.45, 2.75) is 32.9 Å². The van der Waals surface area contributed by atoms with Crippen LogP contribution in [0.1, 0.15) is 26.3 Å². The van der Waals surface area contributed by atoms with Gasteiger partial charge < -0.3 is 21.5 Å². The number of rotatable bonds is 3. The van der Waals surface area contributed by atoms with Gasteiger partial charge >= 0.3 is 6.09 Å². The molecule has 1 aromatic carbocycles. The molecule has 6 heteroatoms. The zero-order valence-electron chi connectivity index (χ0n) is 13.6. The van der Waals surface area contributed by atoms with Crippen molar-refractivity contribution in [3.63, 3.8) is 0 Å². The van der Waals surface area contributed by atoms with E-state index in [2.05, 4.69) is 10.3 Å². The third kappa shape index (κ3) is 4.60. The van der Waals surface area contributed by atoms with Crippen LogP contribution in [0.15, 0.2) is 36.7 Å². The Balaban J connectivity index is 2.12. The Morgan fingerprint density at radius 3 is 2.70 bits per heavy atom. The first-order chi connectivity index (χ1) is 10.8. The summed E-state index contributed by atoms with van der Waals surface area (Å²) < 4.78 is 5.21. The lowest BCUT2D eigenvalue weighted by atomic mass is 10.0. The maximum atomic E-state index is 11.7. The highest BCUT2D eigenvalue weighted by Crippen LogP contribution is 2.29. The monoisotopic (exact) mass is 314 g/mol. The molecule has 1 heterocycles. The second kappa shape index (κ2) is 6.56. The number of anilines is 2. The number of carbonyl (C=O) groups excluding carboxylic acids is 1. The number of amides is 1. The lowest BCUT2D eigenvalue weighted by Crippen LogP contribution is -2.32. The summed E-state index contributed by atoms with van der Waals surface area (Å²) in [7, 11) is 0. The molecule has 0 saturated heterocycles. The van der Waals surface area contributed by atoms with Crippen LogP contribution in [-0.2, 0) is 11.3 Å². The fourth-order valence-electron chi connectivity index (χ4n) is 2.05. The van der Waals surface area contributed by atoms with Crippen LogP contribution in [0, 0.1) is 0 Å². The summed E-state index contributed by atoms with van der Waals surface area (Å²) >= 11 is 0. The lowest BCUT2D eigenvalue weighted by Gasteiger charge is -2.19. The molecule has 0 aliphatic carbocycles. The molecule has 2 aromatic rings. The third-order valence-electron chi connectivity index (χ3n) is 3.09. The molecular formula is C17H22N4O2. The Hall–Kier alpha value is -2.76. The number of nitrogens with one attached hydrogen (secondary N) is 1. The van der Waals surface area contributed by atoms with Crippen LogP contribution in [0.5, 0.6) is 0 Å². The molecule has 5 N–H and O–H groups in total. The minimum absolute atomic E-state index is 0.360. The molecule has 122 valence electrons. The normalized spacial score (nSPS) is 11.1. The summed E-state index contributed by atoms with van der Waals surface area (Å²) in [4.78, 5) is 15.8. The van der Waals surface area contributed by atoms with Crippen LogP contribution in [0.3, 0.4) is 0 Å². The van der Waals surface area contributed by atoms with Crippen LogP contribution in [0.2, 0.25) is 0 Å². The van der Waals surface area contributed by atoms with Crippen molar-refractivity contribution >= 4 is 17.5 Å². The minimum Gasteiger partial charge on any atom is -0.444 e. The predicted octanol–water partition coefficient (Wildman–Crippen LogP) is 2.94. The maximum Gasteiger partial charge on any atom is 0.407 e. The number of pyridine rings is 1. The highest BCUT2D eigenvalue weighted by Gasteiger charge is 2.15. The molecule has 0 radical (unpaired) electrons. The van der Waals surface area contributed by atoms with Crippen LogP contribution in [0.4, 0.5) is 16.2 Å². The Kier molecular flexibility index (Phi) is 4.74. The number of hydrogen-bond donors (Lipinski definition) is 3. The SMILES string of the molecule is CC(C)(C)OC(=O)NCc1cccc(-c2cncc(N)c2N)c1. The Morgan fingerprint density at radius 1 is 1.26 bits per heavy atom. The number of hydrogen-bond acceptors (Lipinski definition) is 5. The van der Waals surface area contributed by atoms with Gasteiger partial charge in [-0.3, -0.25) is 4.98 Å². The van der Waals surface area contributed by atoms with Crippen molar-refractivity contribution in [3.8, 4) is 11.1 Å². The fraction of sp³-hybridized carbons (Fsp3) is 0.294. The number of aromatic nitrogens is 1. The van der Waals surface area contributed by atoms with Gasteiger partial charge in [0, 0.05) is 18.3 Å². The molecule has 0 bridgehead atoms. The van der Waals surface area contributed by atoms with Gasteiger partial charge in [-0.05, 0) is 38.0 Å². The van der Waals surface area contributed by atoms with E-state index < -0.39 is 11.7 Å². The van der Waals surface area contributed by atoms with Gasteiger partial charge in [-0.15, -0.1) is 0 Å². The van der Waals surface area contributed by atoms with Crippen molar-refractivity contribution in [2.75, 3.05) is 11.5 Å².